The zero-order chi connectivity index (χ0) is 12.6. The van der Waals surface area contributed by atoms with Crippen LogP contribution in [0, 0.1) is 0 Å². The van der Waals surface area contributed by atoms with Crippen LogP contribution in [0.4, 0.5) is 0 Å². The van der Waals surface area contributed by atoms with Gasteiger partial charge in [-0.1, -0.05) is 20.8 Å². The molecule has 0 bridgehead atoms. The van der Waals surface area contributed by atoms with E-state index < -0.39 is 8.32 Å². The third kappa shape index (κ3) is 3.03. The molecule has 92 valence electrons. The van der Waals surface area contributed by atoms with E-state index >= 15 is 0 Å². The van der Waals surface area contributed by atoms with Gasteiger partial charge in [-0.15, -0.1) is 0 Å². The summed E-state index contributed by atoms with van der Waals surface area (Å²) < 4.78 is 11.5. The molecule has 0 spiro atoms. The summed E-state index contributed by atoms with van der Waals surface area (Å²) in [5.41, 5.74) is 0. The highest BCUT2D eigenvalue weighted by Gasteiger charge is 2.40. The second kappa shape index (κ2) is 4.43. The van der Waals surface area contributed by atoms with E-state index in [0.29, 0.717) is 0 Å². The number of ether oxygens (including phenoxy) is 1. The summed E-state index contributed by atoms with van der Waals surface area (Å²) in [7, 11) is -1.83. The van der Waals surface area contributed by atoms with Gasteiger partial charge in [-0.05, 0) is 37.2 Å². The fraction of sp³-hybridized carbons (Fsp3) is 0.750. The lowest BCUT2D eigenvalue weighted by atomic mass is 10.2. The van der Waals surface area contributed by atoms with E-state index in [0.717, 1.165) is 0 Å². The van der Waals surface area contributed by atoms with Crippen molar-refractivity contribution in [3.63, 3.8) is 0 Å². The average molecular weight is 242 g/mol. The van der Waals surface area contributed by atoms with Crippen LogP contribution >= 0.6 is 0 Å². The molecule has 1 aliphatic heterocycles. The molecule has 3 nitrogen and oxygen atoms in total. The topological polar surface area (TPSA) is 35.5 Å². The summed E-state index contributed by atoms with van der Waals surface area (Å²) in [6.45, 7) is 12.6. The fourth-order valence-corrected chi connectivity index (χ4v) is 2.23. The van der Waals surface area contributed by atoms with Crippen LogP contribution in [-0.2, 0) is 14.0 Å². The van der Waals surface area contributed by atoms with Gasteiger partial charge in [0.25, 0.3) is 0 Å². The highest BCUT2D eigenvalue weighted by Crippen LogP contribution is 2.37. The van der Waals surface area contributed by atoms with E-state index in [1.165, 1.54) is 0 Å². The predicted molar refractivity (Wildman–Crippen MR) is 66.8 cm³/mol. The SMILES string of the molecule is C[C@H]1O[C@H](O[Si](C)(C)C(C)(C)C)C=CC1=O. The van der Waals surface area contributed by atoms with Gasteiger partial charge < -0.3 is 9.16 Å². The van der Waals surface area contributed by atoms with Crippen molar-refractivity contribution < 1.29 is 14.0 Å². The largest absolute Gasteiger partial charge is 0.389 e. The van der Waals surface area contributed by atoms with Gasteiger partial charge in [0.15, 0.2) is 20.4 Å². The Morgan fingerprint density at radius 1 is 1.38 bits per heavy atom. The summed E-state index contributed by atoms with van der Waals surface area (Å²) >= 11 is 0. The van der Waals surface area contributed by atoms with Gasteiger partial charge in [-0.2, -0.15) is 0 Å². The Kier molecular flexibility index (Phi) is 3.77. The molecule has 0 aromatic rings. The number of rotatable bonds is 2. The van der Waals surface area contributed by atoms with Gasteiger partial charge in [-0.25, -0.2) is 0 Å². The molecule has 4 heteroatoms. The average Bonchev–Trinajstić information content (AvgIpc) is 2.09. The molecule has 0 aliphatic carbocycles. The Bertz CT molecular complexity index is 302. The van der Waals surface area contributed by atoms with Crippen molar-refractivity contribution in [2.24, 2.45) is 0 Å². The van der Waals surface area contributed by atoms with Crippen LogP contribution in [0.25, 0.3) is 0 Å². The molecule has 16 heavy (non-hydrogen) atoms. The lowest BCUT2D eigenvalue weighted by Crippen LogP contribution is -2.46. The summed E-state index contributed by atoms with van der Waals surface area (Å²) in [4.78, 5) is 11.2. The molecule has 0 saturated heterocycles. The number of hydrogen-bond acceptors (Lipinski definition) is 3. The highest BCUT2D eigenvalue weighted by atomic mass is 28.4. The first-order valence-corrected chi connectivity index (χ1v) is 8.59. The molecule has 0 unspecified atom stereocenters. The van der Waals surface area contributed by atoms with Crippen molar-refractivity contribution in [2.45, 2.75) is 58.2 Å². The molecule has 1 rings (SSSR count). The first-order valence-electron chi connectivity index (χ1n) is 5.69. The molecular formula is C12H22O3Si. The van der Waals surface area contributed by atoms with Crippen molar-refractivity contribution in [1.82, 2.24) is 0 Å². The number of ketones is 1. The lowest BCUT2D eigenvalue weighted by Gasteiger charge is -2.39. The normalized spacial score (nSPS) is 27.2. The Morgan fingerprint density at radius 3 is 2.38 bits per heavy atom. The maximum Gasteiger partial charge on any atom is 0.195 e. The molecule has 0 saturated carbocycles. The van der Waals surface area contributed by atoms with E-state index in [-0.39, 0.29) is 23.2 Å². The molecule has 0 fully saturated rings. The van der Waals surface area contributed by atoms with Crippen LogP contribution in [0.3, 0.4) is 0 Å². The molecule has 1 heterocycles. The Labute approximate surface area is 99.0 Å². The predicted octanol–water partition coefficient (Wildman–Crippen LogP) is 2.88. The highest BCUT2D eigenvalue weighted by molar-refractivity contribution is 6.74. The monoisotopic (exact) mass is 242 g/mol. The Morgan fingerprint density at radius 2 is 1.94 bits per heavy atom. The van der Waals surface area contributed by atoms with E-state index in [9.17, 15) is 4.79 Å². The third-order valence-corrected chi connectivity index (χ3v) is 7.81. The van der Waals surface area contributed by atoms with Crippen LogP contribution in [-0.4, -0.2) is 26.5 Å². The van der Waals surface area contributed by atoms with Gasteiger partial charge in [0.2, 0.25) is 0 Å². The minimum absolute atomic E-state index is 0.00933. The maximum atomic E-state index is 11.2. The van der Waals surface area contributed by atoms with Crippen molar-refractivity contribution in [3.05, 3.63) is 12.2 Å². The van der Waals surface area contributed by atoms with Crippen LogP contribution < -0.4 is 0 Å². The summed E-state index contributed by atoms with van der Waals surface area (Å²) in [5.74, 6) is 0.00933. The molecule has 0 amide bonds. The second-order valence-corrected chi connectivity index (χ2v) is 10.5. The van der Waals surface area contributed by atoms with Gasteiger partial charge in [0.1, 0.15) is 6.10 Å². The molecule has 0 radical (unpaired) electrons. The number of hydrogen-bond donors (Lipinski definition) is 0. The molecule has 1 aliphatic rings. The zero-order valence-corrected chi connectivity index (χ0v) is 12.0. The van der Waals surface area contributed by atoms with Crippen molar-refractivity contribution in [1.29, 1.82) is 0 Å². The molecule has 2 atom stereocenters. The van der Waals surface area contributed by atoms with Gasteiger partial charge >= 0.3 is 0 Å². The van der Waals surface area contributed by atoms with E-state index in [4.69, 9.17) is 9.16 Å². The fourth-order valence-electron chi connectivity index (χ4n) is 1.16. The summed E-state index contributed by atoms with van der Waals surface area (Å²) in [6.07, 6.45) is 2.52. The summed E-state index contributed by atoms with van der Waals surface area (Å²) in [6, 6.07) is 0. The smallest absolute Gasteiger partial charge is 0.195 e. The number of carbonyl (C=O) groups excluding carboxylic acids is 1. The van der Waals surface area contributed by atoms with E-state index in [2.05, 4.69) is 33.9 Å². The molecule has 0 aromatic heterocycles. The van der Waals surface area contributed by atoms with E-state index in [1.54, 1.807) is 19.1 Å². The minimum Gasteiger partial charge on any atom is -0.389 e. The molecule has 0 N–H and O–H groups in total. The maximum absolute atomic E-state index is 11.2. The summed E-state index contributed by atoms with van der Waals surface area (Å²) in [5, 5.41) is 0.148. The standard InChI is InChI=1S/C12H22O3Si/c1-9-10(13)7-8-11(14-9)15-16(5,6)12(2,3)4/h7-9,11H,1-6H3/t9-,11-/m1/s1. The van der Waals surface area contributed by atoms with Crippen molar-refractivity contribution in [3.8, 4) is 0 Å². The van der Waals surface area contributed by atoms with Gasteiger partial charge in [0, 0.05) is 0 Å². The van der Waals surface area contributed by atoms with Crippen molar-refractivity contribution in [2.75, 3.05) is 0 Å². The molecule has 0 aromatic carbocycles. The van der Waals surface area contributed by atoms with Crippen molar-refractivity contribution >= 4 is 14.1 Å². The third-order valence-electron chi connectivity index (χ3n) is 3.37. The van der Waals surface area contributed by atoms with Gasteiger partial charge in [-0.3, -0.25) is 4.79 Å². The van der Waals surface area contributed by atoms with Crippen LogP contribution in [0.2, 0.25) is 18.1 Å². The molecular weight excluding hydrogens is 220 g/mol. The second-order valence-electron chi connectivity index (χ2n) is 5.79. The van der Waals surface area contributed by atoms with E-state index in [1.807, 2.05) is 0 Å². The Hall–Kier alpha value is -0.453. The first kappa shape index (κ1) is 13.6. The van der Waals surface area contributed by atoms with Crippen LogP contribution in [0.5, 0.6) is 0 Å². The van der Waals surface area contributed by atoms with Gasteiger partial charge in [0.05, 0.1) is 0 Å². The zero-order valence-electron chi connectivity index (χ0n) is 11.0. The number of carbonyl (C=O) groups is 1. The van der Waals surface area contributed by atoms with Crippen LogP contribution in [0.1, 0.15) is 27.7 Å². The minimum atomic E-state index is -1.83. The first-order chi connectivity index (χ1) is 7.13. The lowest BCUT2D eigenvalue weighted by molar-refractivity contribution is -0.142. The Balaban J connectivity index is 2.69. The van der Waals surface area contributed by atoms with Crippen LogP contribution in [0.15, 0.2) is 12.2 Å². The quantitative estimate of drug-likeness (QED) is 0.698.